The minimum absolute atomic E-state index is 0.0727. The highest BCUT2D eigenvalue weighted by atomic mass is 19.4. The Balaban J connectivity index is 2.49. The zero-order valence-corrected chi connectivity index (χ0v) is 9.86. The Hall–Kier alpha value is -2.71. The quantitative estimate of drug-likeness (QED) is 0.729. The molecule has 0 fully saturated rings. The van der Waals surface area contributed by atoms with Gasteiger partial charge in [0.25, 0.3) is 5.56 Å². The molecule has 0 saturated heterocycles. The fourth-order valence-electron chi connectivity index (χ4n) is 1.44. The molecule has 0 atom stereocenters. The van der Waals surface area contributed by atoms with Crippen LogP contribution in [0.4, 0.5) is 24.5 Å². The van der Waals surface area contributed by atoms with Crippen LogP contribution < -0.4 is 21.8 Å². The van der Waals surface area contributed by atoms with Gasteiger partial charge in [-0.25, -0.2) is 4.98 Å². The summed E-state index contributed by atoms with van der Waals surface area (Å²) in [5.74, 6) is -0.958. The Morgan fingerprint density at radius 1 is 1.25 bits per heavy atom. The number of aromatic nitrogens is 2. The van der Waals surface area contributed by atoms with Crippen LogP contribution in [-0.4, -0.2) is 9.97 Å². The van der Waals surface area contributed by atoms with Gasteiger partial charge in [-0.05, 0) is 18.2 Å². The molecule has 0 saturated carbocycles. The molecule has 0 unspecified atom stereocenters. The maximum atomic E-state index is 12.9. The number of H-pyrrole nitrogens is 1. The summed E-state index contributed by atoms with van der Waals surface area (Å²) < 4.78 is 43.5. The molecule has 0 bridgehead atoms. The van der Waals surface area contributed by atoms with Crippen molar-refractivity contribution in [2.24, 2.45) is 0 Å². The van der Waals surface area contributed by atoms with Crippen LogP contribution in [0.3, 0.4) is 0 Å². The second-order valence-corrected chi connectivity index (χ2v) is 3.81. The maximum Gasteiger partial charge on any atom is 0.420 e. The predicted molar refractivity (Wildman–Crippen MR) is 65.2 cm³/mol. The highest BCUT2D eigenvalue weighted by Crippen LogP contribution is 2.39. The molecule has 0 amide bonds. The van der Waals surface area contributed by atoms with Crippen molar-refractivity contribution in [3.63, 3.8) is 0 Å². The van der Waals surface area contributed by atoms with E-state index in [0.29, 0.717) is 0 Å². The molecule has 1 aromatic carbocycles. The number of aromatic amines is 1. The SMILES string of the molecule is Nc1ccc(Oc2nc[nH]c(=O)c2N)c(C(F)(F)F)c1. The van der Waals surface area contributed by atoms with Gasteiger partial charge in [-0.1, -0.05) is 0 Å². The van der Waals surface area contributed by atoms with Crippen LogP contribution in [0.25, 0.3) is 0 Å². The van der Waals surface area contributed by atoms with Crippen molar-refractivity contribution in [2.75, 3.05) is 11.5 Å². The highest BCUT2D eigenvalue weighted by molar-refractivity contribution is 5.52. The zero-order valence-electron chi connectivity index (χ0n) is 9.86. The van der Waals surface area contributed by atoms with Crippen molar-refractivity contribution in [3.8, 4) is 11.6 Å². The van der Waals surface area contributed by atoms with Gasteiger partial charge in [0.15, 0.2) is 5.69 Å². The van der Waals surface area contributed by atoms with Gasteiger partial charge in [0.2, 0.25) is 5.88 Å². The van der Waals surface area contributed by atoms with Crippen molar-refractivity contribution >= 4 is 11.4 Å². The third-order valence-corrected chi connectivity index (χ3v) is 2.37. The summed E-state index contributed by atoms with van der Waals surface area (Å²) in [5, 5.41) is 0. The minimum atomic E-state index is -4.67. The number of rotatable bonds is 2. The van der Waals surface area contributed by atoms with Crippen molar-refractivity contribution in [1.82, 2.24) is 9.97 Å². The molecule has 2 rings (SSSR count). The van der Waals surface area contributed by atoms with E-state index in [2.05, 4.69) is 9.97 Å². The van der Waals surface area contributed by atoms with Crippen LogP contribution >= 0.6 is 0 Å². The third-order valence-electron chi connectivity index (χ3n) is 2.37. The van der Waals surface area contributed by atoms with Crippen molar-refractivity contribution in [2.45, 2.75) is 6.18 Å². The molecular weight excluding hydrogens is 277 g/mol. The first-order valence-electron chi connectivity index (χ1n) is 5.27. The topological polar surface area (TPSA) is 107 Å². The number of alkyl halides is 3. The van der Waals surface area contributed by atoms with Crippen LogP contribution in [0.1, 0.15) is 5.56 Å². The van der Waals surface area contributed by atoms with E-state index < -0.39 is 34.6 Å². The van der Waals surface area contributed by atoms with E-state index in [1.165, 1.54) is 6.07 Å². The molecule has 2 aromatic rings. The van der Waals surface area contributed by atoms with Gasteiger partial charge in [-0.2, -0.15) is 13.2 Å². The lowest BCUT2D eigenvalue weighted by Crippen LogP contribution is -2.14. The Labute approximate surface area is 110 Å². The van der Waals surface area contributed by atoms with E-state index in [1.807, 2.05) is 0 Å². The van der Waals surface area contributed by atoms with Gasteiger partial charge >= 0.3 is 6.18 Å². The molecule has 0 spiro atoms. The van der Waals surface area contributed by atoms with Crippen molar-refractivity contribution in [1.29, 1.82) is 0 Å². The monoisotopic (exact) mass is 286 g/mol. The minimum Gasteiger partial charge on any atom is -0.436 e. The molecule has 0 aliphatic heterocycles. The number of ether oxygens (including phenoxy) is 1. The number of nitrogens with zero attached hydrogens (tertiary/aromatic N) is 1. The molecule has 5 N–H and O–H groups in total. The zero-order chi connectivity index (χ0) is 14.9. The maximum absolute atomic E-state index is 12.9. The van der Waals surface area contributed by atoms with Crippen molar-refractivity contribution in [3.05, 3.63) is 40.4 Å². The molecule has 6 nitrogen and oxygen atoms in total. The number of hydrogen-bond acceptors (Lipinski definition) is 5. The first kappa shape index (κ1) is 13.7. The van der Waals surface area contributed by atoms with Gasteiger partial charge in [0, 0.05) is 5.69 Å². The Morgan fingerprint density at radius 2 is 1.95 bits per heavy atom. The van der Waals surface area contributed by atoms with E-state index in [9.17, 15) is 18.0 Å². The van der Waals surface area contributed by atoms with Gasteiger partial charge in [0.1, 0.15) is 11.3 Å². The van der Waals surface area contributed by atoms with E-state index in [0.717, 1.165) is 18.5 Å². The first-order valence-corrected chi connectivity index (χ1v) is 5.27. The molecule has 20 heavy (non-hydrogen) atoms. The van der Waals surface area contributed by atoms with Crippen LogP contribution in [0.15, 0.2) is 29.3 Å². The summed E-state index contributed by atoms with van der Waals surface area (Å²) in [4.78, 5) is 17.0. The van der Waals surface area contributed by atoms with Crippen LogP contribution in [0.5, 0.6) is 11.6 Å². The standard InChI is InChI=1S/C11H9F3N4O2/c12-11(13,14)6-3-5(15)1-2-7(6)20-10-8(16)9(19)17-4-18-10/h1-4H,15-16H2,(H,17,18,19). The van der Waals surface area contributed by atoms with Crippen LogP contribution in [0.2, 0.25) is 0 Å². The molecule has 9 heteroatoms. The lowest BCUT2D eigenvalue weighted by atomic mass is 10.1. The lowest BCUT2D eigenvalue weighted by Gasteiger charge is -2.14. The molecule has 0 aliphatic carbocycles. The number of nitrogen functional groups attached to an aromatic ring is 2. The average molecular weight is 286 g/mol. The number of anilines is 2. The fraction of sp³-hybridized carbons (Fsp3) is 0.0909. The predicted octanol–water partition coefficient (Wildman–Crippen LogP) is 1.75. The molecule has 1 aromatic heterocycles. The van der Waals surface area contributed by atoms with E-state index in [1.54, 1.807) is 0 Å². The molecule has 1 heterocycles. The van der Waals surface area contributed by atoms with Crippen LogP contribution in [-0.2, 0) is 6.18 Å². The third kappa shape index (κ3) is 2.66. The van der Waals surface area contributed by atoms with Gasteiger partial charge in [-0.15, -0.1) is 0 Å². The second kappa shape index (κ2) is 4.76. The summed E-state index contributed by atoms with van der Waals surface area (Å²) in [6.45, 7) is 0. The molecule has 0 radical (unpaired) electrons. The van der Waals surface area contributed by atoms with E-state index in [-0.39, 0.29) is 5.69 Å². The lowest BCUT2D eigenvalue weighted by molar-refractivity contribution is -0.138. The number of nitrogens with two attached hydrogens (primary N) is 2. The Kier molecular flexibility index (Phi) is 3.26. The van der Waals surface area contributed by atoms with Gasteiger partial charge in [-0.3, -0.25) is 4.79 Å². The van der Waals surface area contributed by atoms with Gasteiger partial charge in [0.05, 0.1) is 6.33 Å². The summed E-state index contributed by atoms with van der Waals surface area (Å²) in [7, 11) is 0. The fourth-order valence-corrected chi connectivity index (χ4v) is 1.44. The Bertz CT molecular complexity index is 697. The second-order valence-electron chi connectivity index (χ2n) is 3.81. The number of halogens is 3. The summed E-state index contributed by atoms with van der Waals surface area (Å²) in [6.07, 6.45) is -3.70. The average Bonchev–Trinajstić information content (AvgIpc) is 2.36. The molecule has 106 valence electrons. The molecule has 0 aliphatic rings. The summed E-state index contributed by atoms with van der Waals surface area (Å²) in [6, 6.07) is 2.98. The number of nitrogens with one attached hydrogen (secondary N) is 1. The summed E-state index contributed by atoms with van der Waals surface area (Å²) >= 11 is 0. The largest absolute Gasteiger partial charge is 0.436 e. The smallest absolute Gasteiger partial charge is 0.420 e. The van der Waals surface area contributed by atoms with Crippen LogP contribution in [0, 0.1) is 0 Å². The van der Waals surface area contributed by atoms with E-state index in [4.69, 9.17) is 16.2 Å². The highest BCUT2D eigenvalue weighted by Gasteiger charge is 2.35. The van der Waals surface area contributed by atoms with Gasteiger partial charge < -0.3 is 21.2 Å². The van der Waals surface area contributed by atoms with E-state index >= 15 is 0 Å². The molecular formula is C11H9F3N4O2. The number of benzene rings is 1. The van der Waals surface area contributed by atoms with Crippen molar-refractivity contribution < 1.29 is 17.9 Å². The summed E-state index contributed by atoms with van der Waals surface area (Å²) in [5.41, 5.74) is 8.42. The number of hydrogen-bond donors (Lipinski definition) is 3. The normalized spacial score (nSPS) is 11.3. The first-order chi connectivity index (χ1) is 9.29. The Morgan fingerprint density at radius 3 is 2.60 bits per heavy atom.